The fourth-order valence-electron chi connectivity index (χ4n) is 4.01. The van der Waals surface area contributed by atoms with Crippen LogP contribution in [0.4, 0.5) is 23.2 Å². The van der Waals surface area contributed by atoms with E-state index in [-0.39, 0.29) is 53.9 Å². The van der Waals surface area contributed by atoms with E-state index in [0.717, 1.165) is 24.3 Å². The molecule has 0 aliphatic heterocycles. The lowest BCUT2D eigenvalue weighted by molar-refractivity contribution is -0.384. The van der Waals surface area contributed by atoms with E-state index in [2.05, 4.69) is 10.6 Å². The van der Waals surface area contributed by atoms with Crippen molar-refractivity contribution in [1.29, 1.82) is 0 Å². The van der Waals surface area contributed by atoms with E-state index >= 15 is 0 Å². The fraction of sp³-hybridized carbons (Fsp3) is 0.207. The number of nitro groups is 1. The van der Waals surface area contributed by atoms with Gasteiger partial charge in [0.2, 0.25) is 11.8 Å². The van der Waals surface area contributed by atoms with E-state index < -0.39 is 46.2 Å². The predicted molar refractivity (Wildman–Crippen MR) is 148 cm³/mol. The maximum atomic E-state index is 13.9. The molecule has 3 amide bonds. The number of hydroxylamine groups is 1. The SMILES string of the molecule is O=C(CCCNC(=O)C(Cc1ccc(O)cc1)NC(=O)/C(=C\c1ccc(F)c(C(F)(F)F)c1)c1ccc([N+](=O)[O-])cc1)NO. The Hall–Kier alpha value is -5.31. The molecule has 0 fully saturated rings. The highest BCUT2D eigenvalue weighted by Gasteiger charge is 2.34. The number of non-ortho nitro benzene ring substituents is 1. The molecule has 232 valence electrons. The average Bonchev–Trinajstić information content (AvgIpc) is 2.98. The van der Waals surface area contributed by atoms with Gasteiger partial charge in [0.1, 0.15) is 17.6 Å². The number of nitro benzene ring substituents is 1. The van der Waals surface area contributed by atoms with Crippen molar-refractivity contribution >= 4 is 35.1 Å². The van der Waals surface area contributed by atoms with Gasteiger partial charge in [-0.2, -0.15) is 13.2 Å². The van der Waals surface area contributed by atoms with Gasteiger partial charge in [-0.15, -0.1) is 0 Å². The summed E-state index contributed by atoms with van der Waals surface area (Å²) in [5.41, 5.74) is -0.394. The highest BCUT2D eigenvalue weighted by molar-refractivity contribution is 6.24. The molecule has 0 aliphatic carbocycles. The summed E-state index contributed by atoms with van der Waals surface area (Å²) in [7, 11) is 0. The molecular formula is C29H26F4N4O7. The van der Waals surface area contributed by atoms with Crippen LogP contribution >= 0.6 is 0 Å². The Morgan fingerprint density at radius 3 is 2.25 bits per heavy atom. The lowest BCUT2D eigenvalue weighted by Gasteiger charge is -2.20. The second-order valence-corrected chi connectivity index (χ2v) is 9.43. The van der Waals surface area contributed by atoms with Gasteiger partial charge in [-0.1, -0.05) is 18.2 Å². The smallest absolute Gasteiger partial charge is 0.419 e. The normalized spacial score (nSPS) is 12.2. The standard InChI is InChI=1S/C29H26F4N4O7/c30-24-12-5-18(15-23(24)29(31,32)33)14-22(19-6-8-20(9-7-19)37(43)44)27(40)35-25(16-17-3-10-21(38)11-4-17)28(41)34-13-1-2-26(39)36-42/h3-12,14-15,25,38,42H,1-2,13,16H2,(H,34,41)(H,35,40)(H,36,39)/b22-14-. The first-order valence-electron chi connectivity index (χ1n) is 12.9. The minimum absolute atomic E-state index is 0.0188. The minimum Gasteiger partial charge on any atom is -0.508 e. The molecule has 0 saturated carbocycles. The van der Waals surface area contributed by atoms with Gasteiger partial charge in [0.25, 0.3) is 11.6 Å². The van der Waals surface area contributed by atoms with Crippen LogP contribution < -0.4 is 16.1 Å². The van der Waals surface area contributed by atoms with E-state index in [1.54, 1.807) is 0 Å². The molecule has 15 heteroatoms. The second-order valence-electron chi connectivity index (χ2n) is 9.43. The monoisotopic (exact) mass is 618 g/mol. The molecule has 0 heterocycles. The Morgan fingerprint density at radius 2 is 1.66 bits per heavy atom. The van der Waals surface area contributed by atoms with Gasteiger partial charge in [0.05, 0.1) is 10.5 Å². The van der Waals surface area contributed by atoms with Crippen LogP contribution in [0.2, 0.25) is 0 Å². The summed E-state index contributed by atoms with van der Waals surface area (Å²) < 4.78 is 54.0. The molecule has 11 nitrogen and oxygen atoms in total. The number of nitrogens with zero attached hydrogens (tertiary/aromatic N) is 1. The summed E-state index contributed by atoms with van der Waals surface area (Å²) in [5.74, 6) is -3.91. The van der Waals surface area contributed by atoms with Gasteiger partial charge in [0, 0.05) is 37.1 Å². The molecule has 3 rings (SSSR count). The number of halogens is 4. The quantitative estimate of drug-likeness (QED) is 0.0386. The molecule has 44 heavy (non-hydrogen) atoms. The summed E-state index contributed by atoms with van der Waals surface area (Å²) in [6.07, 6.45) is -4.09. The third-order valence-electron chi connectivity index (χ3n) is 6.24. The molecule has 1 atom stereocenters. The molecule has 3 aromatic carbocycles. The molecular weight excluding hydrogens is 592 g/mol. The van der Waals surface area contributed by atoms with Crippen LogP contribution in [-0.2, 0) is 27.0 Å². The number of aromatic hydroxyl groups is 1. The molecule has 0 aromatic heterocycles. The highest BCUT2D eigenvalue weighted by atomic mass is 19.4. The second kappa shape index (κ2) is 14.7. The van der Waals surface area contributed by atoms with Gasteiger partial charge in [-0.25, -0.2) is 9.87 Å². The third-order valence-corrected chi connectivity index (χ3v) is 6.24. The average molecular weight is 619 g/mol. The van der Waals surface area contributed by atoms with Crippen molar-refractivity contribution in [3.05, 3.63) is 105 Å². The number of amides is 3. The maximum Gasteiger partial charge on any atom is 0.419 e. The maximum absolute atomic E-state index is 13.9. The van der Waals surface area contributed by atoms with Crippen molar-refractivity contribution in [3.63, 3.8) is 0 Å². The Kier molecular flexibility index (Phi) is 11.1. The topological polar surface area (TPSA) is 171 Å². The van der Waals surface area contributed by atoms with E-state index in [1.165, 1.54) is 41.9 Å². The van der Waals surface area contributed by atoms with Gasteiger partial charge < -0.3 is 15.7 Å². The number of alkyl halides is 3. The van der Waals surface area contributed by atoms with Gasteiger partial charge in [-0.05, 0) is 65.6 Å². The highest BCUT2D eigenvalue weighted by Crippen LogP contribution is 2.33. The molecule has 1 unspecified atom stereocenters. The number of nitrogens with one attached hydrogen (secondary N) is 3. The van der Waals surface area contributed by atoms with Crippen molar-refractivity contribution in [1.82, 2.24) is 16.1 Å². The van der Waals surface area contributed by atoms with Crippen molar-refractivity contribution < 1.29 is 47.2 Å². The van der Waals surface area contributed by atoms with Crippen LogP contribution in [0.5, 0.6) is 5.75 Å². The number of rotatable bonds is 12. The van der Waals surface area contributed by atoms with E-state index in [1.807, 2.05) is 0 Å². The van der Waals surface area contributed by atoms with Crippen molar-refractivity contribution in [2.24, 2.45) is 0 Å². The molecule has 0 radical (unpaired) electrons. The van der Waals surface area contributed by atoms with E-state index in [9.17, 15) is 47.2 Å². The fourth-order valence-corrected chi connectivity index (χ4v) is 4.01. The zero-order valence-corrected chi connectivity index (χ0v) is 22.7. The first kappa shape index (κ1) is 33.2. The number of carbonyl (C=O) groups is 3. The largest absolute Gasteiger partial charge is 0.508 e. The van der Waals surface area contributed by atoms with Crippen LogP contribution in [0.15, 0.2) is 66.7 Å². The third kappa shape index (κ3) is 9.35. The molecule has 0 spiro atoms. The molecule has 3 aromatic rings. The van der Waals surface area contributed by atoms with Gasteiger partial charge in [-0.3, -0.25) is 29.7 Å². The zero-order chi connectivity index (χ0) is 32.4. The zero-order valence-electron chi connectivity index (χ0n) is 22.7. The number of benzene rings is 3. The Labute approximate surface area is 247 Å². The summed E-state index contributed by atoms with van der Waals surface area (Å²) in [4.78, 5) is 48.4. The van der Waals surface area contributed by atoms with Crippen molar-refractivity contribution in [2.45, 2.75) is 31.5 Å². The van der Waals surface area contributed by atoms with Crippen LogP contribution in [0.25, 0.3) is 11.6 Å². The molecule has 0 bridgehead atoms. The van der Waals surface area contributed by atoms with Crippen molar-refractivity contribution in [3.8, 4) is 5.75 Å². The Morgan fingerprint density at radius 1 is 1.00 bits per heavy atom. The van der Waals surface area contributed by atoms with Crippen LogP contribution in [0.1, 0.15) is 35.1 Å². The summed E-state index contributed by atoms with van der Waals surface area (Å²) in [5, 5.41) is 34.4. The number of phenolic OH excluding ortho intramolecular Hbond substituents is 1. The Balaban J connectivity index is 1.98. The predicted octanol–water partition coefficient (Wildman–Crippen LogP) is 4.13. The van der Waals surface area contributed by atoms with Crippen molar-refractivity contribution in [2.75, 3.05) is 6.54 Å². The van der Waals surface area contributed by atoms with Gasteiger partial charge >= 0.3 is 6.18 Å². The number of hydrogen-bond donors (Lipinski definition) is 5. The van der Waals surface area contributed by atoms with Gasteiger partial charge in [0.15, 0.2) is 0 Å². The van der Waals surface area contributed by atoms with Crippen LogP contribution in [0.3, 0.4) is 0 Å². The van der Waals surface area contributed by atoms with Crippen LogP contribution in [-0.4, -0.2) is 45.5 Å². The number of hydrogen-bond acceptors (Lipinski definition) is 7. The lowest BCUT2D eigenvalue weighted by atomic mass is 9.99. The van der Waals surface area contributed by atoms with E-state index in [0.29, 0.717) is 17.7 Å². The summed E-state index contributed by atoms with van der Waals surface area (Å²) in [6, 6.07) is 11.0. The van der Waals surface area contributed by atoms with Crippen LogP contribution in [0, 0.1) is 15.9 Å². The molecule has 0 saturated heterocycles. The summed E-state index contributed by atoms with van der Waals surface area (Å²) >= 11 is 0. The first-order valence-corrected chi connectivity index (χ1v) is 12.9. The Bertz CT molecular complexity index is 1540. The minimum atomic E-state index is -5.03. The number of carbonyl (C=O) groups excluding carboxylic acids is 3. The molecule has 0 aliphatic rings. The summed E-state index contributed by atoms with van der Waals surface area (Å²) in [6.45, 7) is -0.0188. The number of phenols is 1. The van der Waals surface area contributed by atoms with E-state index in [4.69, 9.17) is 5.21 Å². The molecule has 5 N–H and O–H groups in total. The first-order chi connectivity index (χ1) is 20.8. The lowest BCUT2D eigenvalue weighted by Crippen LogP contribution is -2.48.